The van der Waals surface area contributed by atoms with Crippen molar-refractivity contribution in [2.24, 2.45) is 5.92 Å². The van der Waals surface area contributed by atoms with E-state index in [-0.39, 0.29) is 0 Å². The Kier molecular flexibility index (Phi) is 5.08. The van der Waals surface area contributed by atoms with Crippen molar-refractivity contribution in [1.29, 1.82) is 0 Å². The molecule has 96 valence electrons. The molecule has 0 saturated heterocycles. The second-order valence-electron chi connectivity index (χ2n) is 5.01. The topological polar surface area (TPSA) is 34.4 Å². The van der Waals surface area contributed by atoms with E-state index >= 15 is 0 Å². The monoisotopic (exact) mass is 237 g/mol. The fourth-order valence-electron chi connectivity index (χ4n) is 1.86. The number of ether oxygens (including phenoxy) is 1. The van der Waals surface area contributed by atoms with E-state index in [0.29, 0.717) is 6.04 Å². The maximum atomic E-state index is 5.59. The molecule has 3 heteroatoms. The Hall–Kier alpha value is -0.800. The highest BCUT2D eigenvalue weighted by atomic mass is 16.5. The van der Waals surface area contributed by atoms with Gasteiger partial charge in [0.2, 0.25) is 0 Å². The van der Waals surface area contributed by atoms with Crippen LogP contribution in [0.5, 0.6) is 0 Å². The van der Waals surface area contributed by atoms with E-state index in [1.54, 1.807) is 6.26 Å². The summed E-state index contributed by atoms with van der Waals surface area (Å²) in [4.78, 5) is 0. The summed E-state index contributed by atoms with van der Waals surface area (Å²) in [5, 5.41) is 3.48. The molecule has 3 nitrogen and oxygen atoms in total. The van der Waals surface area contributed by atoms with Crippen LogP contribution in [0.1, 0.15) is 31.9 Å². The molecule has 1 aromatic heterocycles. The molecule has 2 rings (SSSR count). The fraction of sp³-hybridized carbons (Fsp3) is 0.714. The molecule has 0 aromatic carbocycles. The van der Waals surface area contributed by atoms with E-state index < -0.39 is 0 Å². The first-order chi connectivity index (χ1) is 8.34. The number of nitrogens with one attached hydrogen (secondary N) is 1. The van der Waals surface area contributed by atoms with Gasteiger partial charge in [0.15, 0.2) is 0 Å². The Balaban J connectivity index is 1.43. The van der Waals surface area contributed by atoms with Gasteiger partial charge in [-0.1, -0.05) is 0 Å². The molecule has 1 saturated carbocycles. The third-order valence-corrected chi connectivity index (χ3v) is 3.10. The molecule has 0 amide bonds. The number of hydrogen-bond acceptors (Lipinski definition) is 3. The molecule has 1 aliphatic rings. The predicted octanol–water partition coefficient (Wildman–Crippen LogP) is 2.62. The largest absolute Gasteiger partial charge is 0.469 e. The third-order valence-electron chi connectivity index (χ3n) is 3.10. The zero-order valence-electron chi connectivity index (χ0n) is 10.7. The van der Waals surface area contributed by atoms with Gasteiger partial charge in [0.25, 0.3) is 0 Å². The standard InChI is InChI=1S/C14H23NO2/c1-12(10-14-4-2-9-17-14)15-7-3-8-16-11-13-5-6-13/h2,4,9,12-13,15H,3,5-8,10-11H2,1H3. The maximum absolute atomic E-state index is 5.59. The summed E-state index contributed by atoms with van der Waals surface area (Å²) in [6.07, 6.45) is 6.52. The predicted molar refractivity (Wildman–Crippen MR) is 68.0 cm³/mol. The molecular formula is C14H23NO2. The summed E-state index contributed by atoms with van der Waals surface area (Å²) >= 11 is 0. The maximum Gasteiger partial charge on any atom is 0.105 e. The first-order valence-electron chi connectivity index (χ1n) is 6.68. The summed E-state index contributed by atoms with van der Waals surface area (Å²) in [5.41, 5.74) is 0. The van der Waals surface area contributed by atoms with Gasteiger partial charge in [0.05, 0.1) is 6.26 Å². The van der Waals surface area contributed by atoms with Crippen molar-refractivity contribution in [3.63, 3.8) is 0 Å². The normalized spacial score (nSPS) is 17.2. The molecule has 1 atom stereocenters. The van der Waals surface area contributed by atoms with Gasteiger partial charge in [-0.25, -0.2) is 0 Å². The van der Waals surface area contributed by atoms with Crippen LogP contribution in [0.4, 0.5) is 0 Å². The number of furan rings is 1. The van der Waals surface area contributed by atoms with Gasteiger partial charge in [-0.3, -0.25) is 0 Å². The van der Waals surface area contributed by atoms with E-state index in [1.165, 1.54) is 12.8 Å². The second kappa shape index (κ2) is 6.82. The highest BCUT2D eigenvalue weighted by molar-refractivity contribution is 4.99. The van der Waals surface area contributed by atoms with Crippen molar-refractivity contribution >= 4 is 0 Å². The van der Waals surface area contributed by atoms with Crippen LogP contribution in [-0.2, 0) is 11.2 Å². The lowest BCUT2D eigenvalue weighted by Crippen LogP contribution is -2.29. The molecule has 0 aliphatic heterocycles. The van der Waals surface area contributed by atoms with Gasteiger partial charge in [0, 0.05) is 25.7 Å². The van der Waals surface area contributed by atoms with Crippen LogP contribution < -0.4 is 5.32 Å². The average molecular weight is 237 g/mol. The van der Waals surface area contributed by atoms with Crippen molar-refractivity contribution in [2.45, 2.75) is 38.6 Å². The smallest absolute Gasteiger partial charge is 0.105 e. The quantitative estimate of drug-likeness (QED) is 0.670. The molecule has 1 aliphatic carbocycles. The lowest BCUT2D eigenvalue weighted by Gasteiger charge is -2.12. The molecule has 1 unspecified atom stereocenters. The zero-order valence-corrected chi connectivity index (χ0v) is 10.7. The zero-order chi connectivity index (χ0) is 11.9. The Morgan fingerprint density at radius 3 is 3.12 bits per heavy atom. The van der Waals surface area contributed by atoms with Crippen molar-refractivity contribution in [3.8, 4) is 0 Å². The first-order valence-corrected chi connectivity index (χ1v) is 6.68. The van der Waals surface area contributed by atoms with Gasteiger partial charge in [0.1, 0.15) is 5.76 Å². The summed E-state index contributed by atoms with van der Waals surface area (Å²) in [5.74, 6) is 1.93. The molecule has 17 heavy (non-hydrogen) atoms. The highest BCUT2D eigenvalue weighted by Crippen LogP contribution is 2.28. The van der Waals surface area contributed by atoms with Gasteiger partial charge in [-0.15, -0.1) is 0 Å². The van der Waals surface area contributed by atoms with Crippen molar-refractivity contribution < 1.29 is 9.15 Å². The minimum atomic E-state index is 0.463. The van der Waals surface area contributed by atoms with E-state index in [4.69, 9.17) is 9.15 Å². The minimum absolute atomic E-state index is 0.463. The van der Waals surface area contributed by atoms with Crippen molar-refractivity contribution in [1.82, 2.24) is 5.32 Å². The third kappa shape index (κ3) is 5.37. The summed E-state index contributed by atoms with van der Waals surface area (Å²) in [6.45, 7) is 5.07. The molecule has 1 fully saturated rings. The lowest BCUT2D eigenvalue weighted by atomic mass is 10.2. The second-order valence-corrected chi connectivity index (χ2v) is 5.01. The Morgan fingerprint density at radius 1 is 1.53 bits per heavy atom. The summed E-state index contributed by atoms with van der Waals surface area (Å²) in [6, 6.07) is 4.43. The molecule has 0 radical (unpaired) electrons. The summed E-state index contributed by atoms with van der Waals surface area (Å²) < 4.78 is 10.9. The fourth-order valence-corrected chi connectivity index (χ4v) is 1.86. The lowest BCUT2D eigenvalue weighted by molar-refractivity contribution is 0.121. The van der Waals surface area contributed by atoms with E-state index in [1.807, 2.05) is 12.1 Å². The molecule has 1 heterocycles. The van der Waals surface area contributed by atoms with Crippen LogP contribution in [0, 0.1) is 5.92 Å². The van der Waals surface area contributed by atoms with Crippen molar-refractivity contribution in [3.05, 3.63) is 24.2 Å². The van der Waals surface area contributed by atoms with Crippen LogP contribution in [-0.4, -0.2) is 25.8 Å². The van der Waals surface area contributed by atoms with Gasteiger partial charge in [-0.05, 0) is 50.8 Å². The van der Waals surface area contributed by atoms with Crippen LogP contribution >= 0.6 is 0 Å². The van der Waals surface area contributed by atoms with E-state index in [0.717, 1.165) is 44.3 Å². The van der Waals surface area contributed by atoms with Crippen LogP contribution in [0.25, 0.3) is 0 Å². The van der Waals surface area contributed by atoms with Crippen LogP contribution in [0.2, 0.25) is 0 Å². The van der Waals surface area contributed by atoms with Gasteiger partial charge >= 0.3 is 0 Å². The summed E-state index contributed by atoms with van der Waals surface area (Å²) in [7, 11) is 0. The molecule has 0 bridgehead atoms. The molecule has 1 N–H and O–H groups in total. The van der Waals surface area contributed by atoms with Crippen molar-refractivity contribution in [2.75, 3.05) is 19.8 Å². The molecular weight excluding hydrogens is 214 g/mol. The van der Waals surface area contributed by atoms with E-state index in [9.17, 15) is 0 Å². The molecule has 1 aromatic rings. The van der Waals surface area contributed by atoms with Crippen LogP contribution in [0.3, 0.4) is 0 Å². The van der Waals surface area contributed by atoms with Gasteiger partial charge in [-0.2, -0.15) is 0 Å². The first kappa shape index (κ1) is 12.7. The van der Waals surface area contributed by atoms with Crippen LogP contribution in [0.15, 0.2) is 22.8 Å². The average Bonchev–Trinajstić information content (AvgIpc) is 3.00. The Morgan fingerprint density at radius 2 is 2.41 bits per heavy atom. The Labute approximate surface area is 104 Å². The van der Waals surface area contributed by atoms with E-state index in [2.05, 4.69) is 12.2 Å². The number of hydrogen-bond donors (Lipinski definition) is 1. The SMILES string of the molecule is CC(Cc1ccco1)NCCCOCC1CC1. The molecule has 0 spiro atoms. The Bertz CT molecular complexity index is 293. The highest BCUT2D eigenvalue weighted by Gasteiger charge is 2.20. The number of rotatable bonds is 9. The minimum Gasteiger partial charge on any atom is -0.469 e. The van der Waals surface area contributed by atoms with Gasteiger partial charge < -0.3 is 14.5 Å².